The van der Waals surface area contributed by atoms with Crippen LogP contribution in [0.4, 0.5) is 5.82 Å². The topological polar surface area (TPSA) is 77.0 Å². The minimum Gasteiger partial charge on any atom is -0.440 e. The molecule has 0 spiro atoms. The molecule has 0 unspecified atom stereocenters. The highest BCUT2D eigenvalue weighted by atomic mass is 32.2. The highest BCUT2D eigenvalue weighted by Crippen LogP contribution is 2.24. The minimum atomic E-state index is 0.562. The second kappa shape index (κ2) is 4.12. The van der Waals surface area contributed by atoms with E-state index in [1.807, 2.05) is 12.1 Å². The molecule has 2 heterocycles. The molecule has 0 saturated heterocycles. The van der Waals surface area contributed by atoms with Crippen molar-refractivity contribution >= 4 is 17.6 Å². The van der Waals surface area contributed by atoms with Crippen LogP contribution in [0, 0.1) is 0 Å². The van der Waals surface area contributed by atoms with Gasteiger partial charge in [-0.25, -0.2) is 15.8 Å². The molecule has 0 aliphatic rings. The second-order valence-electron chi connectivity index (χ2n) is 2.41. The molecule has 2 aromatic rings. The van der Waals surface area contributed by atoms with E-state index in [9.17, 15) is 0 Å². The van der Waals surface area contributed by atoms with Crippen LogP contribution in [0.1, 0.15) is 0 Å². The molecule has 0 aromatic carbocycles. The quantitative estimate of drug-likeness (QED) is 0.588. The summed E-state index contributed by atoms with van der Waals surface area (Å²) in [4.78, 5) is 8.16. The van der Waals surface area contributed by atoms with E-state index in [2.05, 4.69) is 15.4 Å². The predicted octanol–water partition coefficient (Wildman–Crippen LogP) is 1.51. The summed E-state index contributed by atoms with van der Waals surface area (Å²) >= 11 is 1.34. The van der Waals surface area contributed by atoms with E-state index in [1.54, 1.807) is 12.3 Å². The van der Waals surface area contributed by atoms with E-state index in [-0.39, 0.29) is 0 Å². The number of nitrogens with one attached hydrogen (secondary N) is 1. The molecule has 72 valence electrons. The molecular formula is C8H8N4OS. The molecule has 0 fully saturated rings. The largest absolute Gasteiger partial charge is 0.440 e. The Labute approximate surface area is 84.7 Å². The highest BCUT2D eigenvalue weighted by Gasteiger charge is 2.02. The van der Waals surface area contributed by atoms with Crippen LogP contribution in [0.3, 0.4) is 0 Å². The zero-order valence-electron chi connectivity index (χ0n) is 7.18. The third-order valence-electron chi connectivity index (χ3n) is 1.47. The summed E-state index contributed by atoms with van der Waals surface area (Å²) in [6.45, 7) is 0. The molecule has 3 N–H and O–H groups in total. The van der Waals surface area contributed by atoms with Crippen LogP contribution in [0.5, 0.6) is 0 Å². The number of nitrogens with two attached hydrogens (primary N) is 1. The zero-order chi connectivity index (χ0) is 9.80. The highest BCUT2D eigenvalue weighted by molar-refractivity contribution is 7.99. The Balaban J connectivity index is 2.17. The summed E-state index contributed by atoms with van der Waals surface area (Å²) in [5, 5.41) is 1.34. The SMILES string of the molecule is NNc1cccc(Sc2ncco2)n1. The number of pyridine rings is 1. The Kier molecular flexibility index (Phi) is 2.66. The van der Waals surface area contributed by atoms with Crippen LogP contribution >= 0.6 is 11.8 Å². The number of rotatable bonds is 3. The third kappa shape index (κ3) is 2.04. The molecule has 2 aromatic heterocycles. The van der Waals surface area contributed by atoms with E-state index in [0.29, 0.717) is 11.0 Å². The lowest BCUT2D eigenvalue weighted by Gasteiger charge is -2.00. The standard InChI is InChI=1S/C8H8N4OS/c9-12-6-2-1-3-7(11-6)14-8-10-4-5-13-8/h1-5H,9H2,(H,11,12). The van der Waals surface area contributed by atoms with Crippen LogP contribution < -0.4 is 11.3 Å². The number of hydrogen-bond donors (Lipinski definition) is 2. The van der Waals surface area contributed by atoms with Gasteiger partial charge in [0.25, 0.3) is 5.22 Å². The van der Waals surface area contributed by atoms with Crippen LogP contribution in [0.2, 0.25) is 0 Å². The van der Waals surface area contributed by atoms with Gasteiger partial charge in [0.05, 0.1) is 6.20 Å². The number of anilines is 1. The van der Waals surface area contributed by atoms with Gasteiger partial charge in [0.15, 0.2) is 0 Å². The van der Waals surface area contributed by atoms with Crippen molar-refractivity contribution in [1.29, 1.82) is 0 Å². The summed E-state index contributed by atoms with van der Waals surface area (Å²) < 4.78 is 5.07. The van der Waals surface area contributed by atoms with Gasteiger partial charge in [-0.15, -0.1) is 0 Å². The average Bonchev–Trinajstić information content (AvgIpc) is 2.71. The first-order valence-electron chi connectivity index (χ1n) is 3.89. The number of nitrogens with zero attached hydrogens (tertiary/aromatic N) is 2. The second-order valence-corrected chi connectivity index (χ2v) is 3.38. The van der Waals surface area contributed by atoms with E-state index in [0.717, 1.165) is 5.03 Å². The van der Waals surface area contributed by atoms with Gasteiger partial charge < -0.3 is 9.84 Å². The number of hydrogen-bond acceptors (Lipinski definition) is 6. The number of oxazole rings is 1. The number of hydrazine groups is 1. The van der Waals surface area contributed by atoms with Crippen molar-refractivity contribution in [2.75, 3.05) is 5.43 Å². The minimum absolute atomic E-state index is 0.562. The van der Waals surface area contributed by atoms with Crippen molar-refractivity contribution < 1.29 is 4.42 Å². The molecule has 0 bridgehead atoms. The Bertz CT molecular complexity index is 403. The molecule has 0 radical (unpaired) electrons. The average molecular weight is 208 g/mol. The summed E-state index contributed by atoms with van der Waals surface area (Å²) in [6.07, 6.45) is 3.11. The van der Waals surface area contributed by atoms with Crippen LogP contribution in [0.15, 0.2) is 45.3 Å². The van der Waals surface area contributed by atoms with Crippen molar-refractivity contribution in [3.63, 3.8) is 0 Å². The van der Waals surface area contributed by atoms with E-state index in [1.165, 1.54) is 18.0 Å². The fraction of sp³-hybridized carbons (Fsp3) is 0. The lowest BCUT2D eigenvalue weighted by molar-refractivity contribution is 0.454. The maximum absolute atomic E-state index is 5.23. The van der Waals surface area contributed by atoms with Crippen molar-refractivity contribution in [1.82, 2.24) is 9.97 Å². The van der Waals surface area contributed by atoms with Gasteiger partial charge in [0.2, 0.25) is 0 Å². The van der Waals surface area contributed by atoms with Gasteiger partial charge in [0, 0.05) is 0 Å². The molecule has 5 nitrogen and oxygen atoms in total. The zero-order valence-corrected chi connectivity index (χ0v) is 7.99. The molecule has 0 aliphatic carbocycles. The van der Waals surface area contributed by atoms with E-state index < -0.39 is 0 Å². The maximum Gasteiger partial charge on any atom is 0.261 e. The van der Waals surface area contributed by atoms with Gasteiger partial charge in [-0.2, -0.15) is 0 Å². The third-order valence-corrected chi connectivity index (χ3v) is 2.29. The van der Waals surface area contributed by atoms with Crippen LogP contribution in [-0.4, -0.2) is 9.97 Å². The summed E-state index contributed by atoms with van der Waals surface area (Å²) in [5.74, 6) is 5.84. The Morgan fingerprint density at radius 2 is 2.36 bits per heavy atom. The van der Waals surface area contributed by atoms with Gasteiger partial charge in [-0.3, -0.25) is 0 Å². The normalized spacial score (nSPS) is 10.1. The molecule has 2 rings (SSSR count). The summed E-state index contributed by atoms with van der Waals surface area (Å²) in [5.41, 5.74) is 2.47. The van der Waals surface area contributed by atoms with Crippen molar-refractivity contribution in [2.45, 2.75) is 10.2 Å². The Hall–Kier alpha value is -1.53. The number of aromatic nitrogens is 2. The first-order chi connectivity index (χ1) is 6.88. The van der Waals surface area contributed by atoms with E-state index >= 15 is 0 Å². The fourth-order valence-electron chi connectivity index (χ4n) is 0.902. The van der Waals surface area contributed by atoms with Crippen molar-refractivity contribution in [2.24, 2.45) is 5.84 Å². The monoisotopic (exact) mass is 208 g/mol. The Morgan fingerprint density at radius 3 is 3.07 bits per heavy atom. The van der Waals surface area contributed by atoms with Crippen LogP contribution in [-0.2, 0) is 0 Å². The van der Waals surface area contributed by atoms with Crippen LogP contribution in [0.25, 0.3) is 0 Å². The number of nitrogen functional groups attached to an aromatic ring is 1. The van der Waals surface area contributed by atoms with Gasteiger partial charge in [-0.1, -0.05) is 6.07 Å². The molecule has 0 amide bonds. The maximum atomic E-state index is 5.23. The molecular weight excluding hydrogens is 200 g/mol. The molecule has 0 aliphatic heterocycles. The Morgan fingerprint density at radius 1 is 1.43 bits per heavy atom. The van der Waals surface area contributed by atoms with Gasteiger partial charge in [-0.05, 0) is 23.9 Å². The fourth-order valence-corrected chi connectivity index (χ4v) is 1.59. The predicted molar refractivity (Wildman–Crippen MR) is 52.7 cm³/mol. The molecule has 0 atom stereocenters. The molecule has 6 heteroatoms. The van der Waals surface area contributed by atoms with Crippen molar-refractivity contribution in [3.05, 3.63) is 30.7 Å². The molecule has 14 heavy (non-hydrogen) atoms. The first-order valence-corrected chi connectivity index (χ1v) is 4.71. The smallest absolute Gasteiger partial charge is 0.261 e. The molecule has 0 saturated carbocycles. The lowest BCUT2D eigenvalue weighted by Crippen LogP contribution is -2.08. The van der Waals surface area contributed by atoms with Gasteiger partial charge >= 0.3 is 0 Å². The lowest BCUT2D eigenvalue weighted by atomic mass is 10.5. The summed E-state index contributed by atoms with van der Waals surface area (Å²) in [7, 11) is 0. The summed E-state index contributed by atoms with van der Waals surface area (Å²) in [6, 6.07) is 5.49. The van der Waals surface area contributed by atoms with Crippen molar-refractivity contribution in [3.8, 4) is 0 Å². The van der Waals surface area contributed by atoms with E-state index in [4.69, 9.17) is 10.3 Å². The first kappa shape index (κ1) is 9.04. The van der Waals surface area contributed by atoms with Gasteiger partial charge in [0.1, 0.15) is 17.1 Å².